The van der Waals surface area contributed by atoms with Crippen LogP contribution in [0.4, 0.5) is 4.39 Å². The SMILES string of the molecule is NCC1(N)CCN(CCCC2(c3ccc(F)cc3)OCCO2)CC1. The van der Waals surface area contributed by atoms with Crippen molar-refractivity contribution < 1.29 is 13.9 Å². The molecule has 2 aliphatic rings. The third-order valence-corrected chi connectivity index (χ3v) is 5.28. The third kappa shape index (κ3) is 3.95. The highest BCUT2D eigenvalue weighted by molar-refractivity contribution is 5.22. The first-order valence-electron chi connectivity index (χ1n) is 8.81. The number of likely N-dealkylation sites (tertiary alicyclic amines) is 1. The predicted octanol–water partition coefficient (Wildman–Crippen LogP) is 1.56. The lowest BCUT2D eigenvalue weighted by Gasteiger charge is -2.38. The second kappa shape index (κ2) is 7.45. The van der Waals surface area contributed by atoms with Crippen LogP contribution >= 0.6 is 0 Å². The van der Waals surface area contributed by atoms with Crippen LogP contribution in [0.25, 0.3) is 0 Å². The van der Waals surface area contributed by atoms with Crippen molar-refractivity contribution in [1.82, 2.24) is 4.90 Å². The summed E-state index contributed by atoms with van der Waals surface area (Å²) in [4.78, 5) is 2.42. The van der Waals surface area contributed by atoms with Crippen LogP contribution in [-0.4, -0.2) is 49.8 Å². The number of hydrogen-bond acceptors (Lipinski definition) is 5. The van der Waals surface area contributed by atoms with Crippen LogP contribution < -0.4 is 11.5 Å². The maximum atomic E-state index is 13.2. The van der Waals surface area contributed by atoms with Crippen molar-refractivity contribution in [3.05, 3.63) is 35.6 Å². The lowest BCUT2D eigenvalue weighted by atomic mass is 9.88. The number of nitrogens with two attached hydrogens (primary N) is 2. The van der Waals surface area contributed by atoms with Crippen molar-refractivity contribution >= 4 is 0 Å². The van der Waals surface area contributed by atoms with E-state index in [-0.39, 0.29) is 11.4 Å². The van der Waals surface area contributed by atoms with Gasteiger partial charge in [0.25, 0.3) is 0 Å². The summed E-state index contributed by atoms with van der Waals surface area (Å²) in [7, 11) is 0. The van der Waals surface area contributed by atoms with Crippen LogP contribution in [0.5, 0.6) is 0 Å². The van der Waals surface area contributed by atoms with Gasteiger partial charge in [-0.15, -0.1) is 0 Å². The van der Waals surface area contributed by atoms with Crippen LogP contribution in [0.1, 0.15) is 31.2 Å². The smallest absolute Gasteiger partial charge is 0.195 e. The topological polar surface area (TPSA) is 73.7 Å². The number of nitrogens with zero attached hydrogens (tertiary/aromatic N) is 1. The molecule has 3 rings (SSSR count). The fraction of sp³-hybridized carbons (Fsp3) is 0.667. The van der Waals surface area contributed by atoms with Gasteiger partial charge in [0, 0.05) is 24.1 Å². The summed E-state index contributed by atoms with van der Waals surface area (Å²) in [5, 5.41) is 0. The Morgan fingerprint density at radius 2 is 1.71 bits per heavy atom. The number of piperidine rings is 1. The zero-order valence-corrected chi connectivity index (χ0v) is 14.2. The van der Waals surface area contributed by atoms with E-state index < -0.39 is 5.79 Å². The summed E-state index contributed by atoms with van der Waals surface area (Å²) in [6.45, 7) is 4.66. The van der Waals surface area contributed by atoms with Gasteiger partial charge >= 0.3 is 0 Å². The standard InChI is InChI=1S/C18H28FN3O2/c19-16-4-2-15(3-5-16)18(23-12-13-24-18)6-1-9-22-10-7-17(21,14-20)8-11-22/h2-5H,1,6-14,20-21H2. The minimum absolute atomic E-state index is 0.191. The fourth-order valence-electron chi connectivity index (χ4n) is 3.58. The molecule has 2 aliphatic heterocycles. The first-order chi connectivity index (χ1) is 11.6. The largest absolute Gasteiger partial charge is 0.343 e. The summed E-state index contributed by atoms with van der Waals surface area (Å²) < 4.78 is 25.0. The molecule has 4 N–H and O–H groups in total. The van der Waals surface area contributed by atoms with Gasteiger partial charge in [0.2, 0.25) is 0 Å². The molecule has 134 valence electrons. The Balaban J connectivity index is 1.53. The van der Waals surface area contributed by atoms with Crippen molar-refractivity contribution in [2.24, 2.45) is 11.5 Å². The zero-order valence-electron chi connectivity index (χ0n) is 14.2. The van der Waals surface area contributed by atoms with E-state index in [0.717, 1.165) is 50.9 Å². The Morgan fingerprint density at radius 3 is 2.29 bits per heavy atom. The van der Waals surface area contributed by atoms with Crippen molar-refractivity contribution in [1.29, 1.82) is 0 Å². The summed E-state index contributed by atoms with van der Waals surface area (Å²) in [5.41, 5.74) is 12.7. The molecule has 2 fully saturated rings. The van der Waals surface area contributed by atoms with Crippen LogP contribution in [-0.2, 0) is 15.3 Å². The van der Waals surface area contributed by atoms with E-state index in [9.17, 15) is 4.39 Å². The molecule has 0 radical (unpaired) electrons. The first kappa shape index (κ1) is 17.8. The normalized spacial score (nSPS) is 23.5. The van der Waals surface area contributed by atoms with E-state index in [2.05, 4.69) is 4.90 Å². The lowest BCUT2D eigenvalue weighted by molar-refractivity contribution is -0.172. The Hall–Kier alpha value is -1.05. The molecule has 2 heterocycles. The molecule has 1 aromatic carbocycles. The first-order valence-corrected chi connectivity index (χ1v) is 8.81. The van der Waals surface area contributed by atoms with E-state index in [1.54, 1.807) is 12.1 Å². The summed E-state index contributed by atoms with van der Waals surface area (Å²) in [5.74, 6) is -0.969. The molecule has 5 nitrogen and oxygen atoms in total. The number of benzene rings is 1. The third-order valence-electron chi connectivity index (χ3n) is 5.28. The molecule has 6 heteroatoms. The van der Waals surface area contributed by atoms with Crippen molar-refractivity contribution in [3.63, 3.8) is 0 Å². The van der Waals surface area contributed by atoms with Crippen molar-refractivity contribution in [3.8, 4) is 0 Å². The molecule has 24 heavy (non-hydrogen) atoms. The Bertz CT molecular complexity index is 524. The van der Waals surface area contributed by atoms with Gasteiger partial charge in [-0.05, 0) is 51.0 Å². The van der Waals surface area contributed by atoms with Gasteiger partial charge in [-0.1, -0.05) is 12.1 Å². The van der Waals surface area contributed by atoms with Crippen LogP contribution in [0.15, 0.2) is 24.3 Å². The predicted molar refractivity (Wildman–Crippen MR) is 90.9 cm³/mol. The van der Waals surface area contributed by atoms with Gasteiger partial charge in [-0.25, -0.2) is 4.39 Å². The molecule has 0 bridgehead atoms. The quantitative estimate of drug-likeness (QED) is 0.824. The fourth-order valence-corrected chi connectivity index (χ4v) is 3.58. The van der Waals surface area contributed by atoms with Crippen LogP contribution in [0.3, 0.4) is 0 Å². The second-order valence-corrected chi connectivity index (χ2v) is 6.97. The van der Waals surface area contributed by atoms with Gasteiger partial charge in [-0.3, -0.25) is 0 Å². The Labute approximate surface area is 143 Å². The minimum Gasteiger partial charge on any atom is -0.343 e. The van der Waals surface area contributed by atoms with E-state index in [1.807, 2.05) is 0 Å². The molecule has 1 aromatic rings. The van der Waals surface area contributed by atoms with E-state index in [0.29, 0.717) is 19.8 Å². The van der Waals surface area contributed by atoms with E-state index >= 15 is 0 Å². The molecule has 0 aromatic heterocycles. The van der Waals surface area contributed by atoms with E-state index in [4.69, 9.17) is 20.9 Å². The van der Waals surface area contributed by atoms with Crippen LogP contribution in [0.2, 0.25) is 0 Å². The second-order valence-electron chi connectivity index (χ2n) is 6.97. The summed E-state index contributed by atoms with van der Waals surface area (Å²) >= 11 is 0. The molecule has 0 unspecified atom stereocenters. The highest BCUT2D eigenvalue weighted by Gasteiger charge is 2.38. The van der Waals surface area contributed by atoms with Gasteiger partial charge < -0.3 is 25.8 Å². The van der Waals surface area contributed by atoms with Gasteiger partial charge in [0.1, 0.15) is 5.82 Å². The monoisotopic (exact) mass is 337 g/mol. The molecular weight excluding hydrogens is 309 g/mol. The molecule has 0 aliphatic carbocycles. The number of hydrogen-bond donors (Lipinski definition) is 2. The van der Waals surface area contributed by atoms with Gasteiger partial charge in [-0.2, -0.15) is 0 Å². The van der Waals surface area contributed by atoms with Crippen LogP contribution in [0, 0.1) is 5.82 Å². The molecule has 0 saturated carbocycles. The number of halogens is 1. The average molecular weight is 337 g/mol. The zero-order chi connectivity index (χ0) is 17.0. The van der Waals surface area contributed by atoms with Gasteiger partial charge in [0.15, 0.2) is 5.79 Å². The number of ether oxygens (including phenoxy) is 2. The van der Waals surface area contributed by atoms with Gasteiger partial charge in [0.05, 0.1) is 13.2 Å². The minimum atomic E-state index is -0.724. The lowest BCUT2D eigenvalue weighted by Crippen LogP contribution is -2.54. The van der Waals surface area contributed by atoms with Crippen molar-refractivity contribution in [2.75, 3.05) is 39.4 Å². The summed E-state index contributed by atoms with van der Waals surface area (Å²) in [6, 6.07) is 6.43. The van der Waals surface area contributed by atoms with Crippen molar-refractivity contribution in [2.45, 2.75) is 37.0 Å². The molecule has 0 atom stereocenters. The molecule has 0 spiro atoms. The molecule has 0 amide bonds. The maximum Gasteiger partial charge on any atom is 0.195 e. The Morgan fingerprint density at radius 1 is 1.08 bits per heavy atom. The maximum absolute atomic E-state index is 13.2. The highest BCUT2D eigenvalue weighted by atomic mass is 19.1. The highest BCUT2D eigenvalue weighted by Crippen LogP contribution is 2.36. The summed E-state index contributed by atoms with van der Waals surface area (Å²) in [6.07, 6.45) is 3.61. The Kier molecular flexibility index (Phi) is 5.52. The van der Waals surface area contributed by atoms with E-state index in [1.165, 1.54) is 12.1 Å². The molecule has 2 saturated heterocycles. The number of rotatable bonds is 6. The molecular formula is C18H28FN3O2. The average Bonchev–Trinajstić information content (AvgIpc) is 3.07.